The number of hydrogen-bond acceptors (Lipinski definition) is 3. The third-order valence-corrected chi connectivity index (χ3v) is 4.71. The van der Waals surface area contributed by atoms with Crippen molar-refractivity contribution in [3.63, 3.8) is 0 Å². The smallest absolute Gasteiger partial charge is 0.223 e. The lowest BCUT2D eigenvalue weighted by atomic mass is 9.72. The van der Waals surface area contributed by atoms with E-state index < -0.39 is 0 Å². The number of carbonyl (C=O) groups excluding carboxylic acids is 1. The summed E-state index contributed by atoms with van der Waals surface area (Å²) in [7, 11) is 4.11. The van der Waals surface area contributed by atoms with Gasteiger partial charge in [0.05, 0.1) is 0 Å². The summed E-state index contributed by atoms with van der Waals surface area (Å²) in [6.07, 6.45) is 2.90. The SMILES string of the molecule is CC(C)CC(CN(C)C)NC(=O)C1CC(N)C(C)CC1C. The second kappa shape index (κ2) is 8.14. The molecule has 0 aliphatic heterocycles. The molecule has 0 aromatic heterocycles. The van der Waals surface area contributed by atoms with Gasteiger partial charge in [-0.25, -0.2) is 0 Å². The van der Waals surface area contributed by atoms with Crippen LogP contribution in [0.1, 0.15) is 47.0 Å². The summed E-state index contributed by atoms with van der Waals surface area (Å²) >= 11 is 0. The summed E-state index contributed by atoms with van der Waals surface area (Å²) in [4.78, 5) is 14.8. The minimum Gasteiger partial charge on any atom is -0.352 e. The third-order valence-electron chi connectivity index (χ3n) is 4.71. The van der Waals surface area contributed by atoms with Crippen molar-refractivity contribution in [2.24, 2.45) is 29.4 Å². The highest BCUT2D eigenvalue weighted by Gasteiger charge is 2.35. The molecule has 1 rings (SSSR count). The highest BCUT2D eigenvalue weighted by atomic mass is 16.2. The van der Waals surface area contributed by atoms with Gasteiger partial charge in [0.2, 0.25) is 5.91 Å². The first-order valence-corrected chi connectivity index (χ1v) is 8.41. The molecule has 4 heteroatoms. The molecule has 1 fully saturated rings. The maximum Gasteiger partial charge on any atom is 0.223 e. The average Bonchev–Trinajstić information content (AvgIpc) is 2.31. The van der Waals surface area contributed by atoms with E-state index in [1.807, 2.05) is 0 Å². The van der Waals surface area contributed by atoms with Crippen molar-refractivity contribution in [3.8, 4) is 0 Å². The topological polar surface area (TPSA) is 58.4 Å². The minimum absolute atomic E-state index is 0.0769. The van der Waals surface area contributed by atoms with E-state index in [0.29, 0.717) is 17.8 Å². The van der Waals surface area contributed by atoms with Crippen molar-refractivity contribution in [2.75, 3.05) is 20.6 Å². The van der Waals surface area contributed by atoms with Gasteiger partial charge in [0.25, 0.3) is 0 Å². The quantitative estimate of drug-likeness (QED) is 0.789. The Hall–Kier alpha value is -0.610. The molecular weight excluding hydrogens is 262 g/mol. The zero-order valence-electron chi connectivity index (χ0n) is 14.7. The molecule has 1 saturated carbocycles. The summed E-state index contributed by atoms with van der Waals surface area (Å²) in [5, 5.41) is 3.28. The highest BCUT2D eigenvalue weighted by Crippen LogP contribution is 2.33. The fourth-order valence-corrected chi connectivity index (χ4v) is 3.55. The summed E-state index contributed by atoms with van der Waals surface area (Å²) in [5.41, 5.74) is 6.17. The molecule has 1 aliphatic carbocycles. The van der Waals surface area contributed by atoms with Crippen molar-refractivity contribution < 1.29 is 4.79 Å². The van der Waals surface area contributed by atoms with E-state index in [-0.39, 0.29) is 23.9 Å². The third kappa shape index (κ3) is 5.95. The zero-order valence-corrected chi connectivity index (χ0v) is 14.7. The van der Waals surface area contributed by atoms with E-state index >= 15 is 0 Å². The van der Waals surface area contributed by atoms with Crippen molar-refractivity contribution in [3.05, 3.63) is 0 Å². The lowest BCUT2D eigenvalue weighted by Crippen LogP contribution is -2.49. The van der Waals surface area contributed by atoms with Crippen LogP contribution in [0, 0.1) is 23.7 Å². The van der Waals surface area contributed by atoms with Gasteiger partial charge in [0.15, 0.2) is 0 Å². The summed E-state index contributed by atoms with van der Waals surface area (Å²) in [6, 6.07) is 0.393. The minimum atomic E-state index is 0.0769. The van der Waals surface area contributed by atoms with Gasteiger partial charge < -0.3 is 16.0 Å². The maximum atomic E-state index is 12.6. The Kier molecular flexibility index (Phi) is 7.14. The molecule has 1 aliphatic rings. The van der Waals surface area contributed by atoms with Crippen LogP contribution in [0.3, 0.4) is 0 Å². The number of nitrogens with two attached hydrogens (primary N) is 1. The van der Waals surface area contributed by atoms with Crippen LogP contribution in [-0.2, 0) is 4.79 Å². The Labute approximate surface area is 130 Å². The second-order valence-corrected chi connectivity index (χ2v) is 7.79. The van der Waals surface area contributed by atoms with Crippen LogP contribution < -0.4 is 11.1 Å². The Morgan fingerprint density at radius 3 is 2.38 bits per heavy atom. The van der Waals surface area contributed by atoms with Gasteiger partial charge in [-0.05, 0) is 51.1 Å². The van der Waals surface area contributed by atoms with Crippen LogP contribution in [0.5, 0.6) is 0 Å². The molecule has 0 saturated heterocycles. The van der Waals surface area contributed by atoms with Crippen LogP contribution in [0.15, 0.2) is 0 Å². The van der Waals surface area contributed by atoms with E-state index in [0.717, 1.165) is 25.8 Å². The first-order valence-electron chi connectivity index (χ1n) is 8.41. The number of likely N-dealkylation sites (N-methyl/N-ethyl adjacent to an activating group) is 1. The Bertz CT molecular complexity index is 320. The van der Waals surface area contributed by atoms with E-state index in [1.54, 1.807) is 0 Å². The molecule has 0 aromatic carbocycles. The molecule has 124 valence electrons. The Morgan fingerprint density at radius 1 is 1.24 bits per heavy atom. The van der Waals surface area contributed by atoms with Crippen LogP contribution in [0.25, 0.3) is 0 Å². The molecule has 5 unspecified atom stereocenters. The van der Waals surface area contributed by atoms with Gasteiger partial charge in [-0.15, -0.1) is 0 Å². The Morgan fingerprint density at radius 2 is 1.86 bits per heavy atom. The molecule has 3 N–H and O–H groups in total. The maximum absolute atomic E-state index is 12.6. The van der Waals surface area contributed by atoms with Crippen molar-refractivity contribution in [1.29, 1.82) is 0 Å². The summed E-state index contributed by atoms with van der Waals surface area (Å²) < 4.78 is 0. The number of nitrogens with zero attached hydrogens (tertiary/aromatic N) is 1. The Balaban J connectivity index is 2.63. The summed E-state index contributed by atoms with van der Waals surface area (Å²) in [6.45, 7) is 9.69. The van der Waals surface area contributed by atoms with E-state index in [4.69, 9.17) is 5.73 Å². The lowest BCUT2D eigenvalue weighted by molar-refractivity contribution is -0.129. The molecule has 0 heterocycles. The first-order chi connectivity index (χ1) is 9.70. The molecule has 5 atom stereocenters. The van der Waals surface area contributed by atoms with Crippen LogP contribution in [0.2, 0.25) is 0 Å². The van der Waals surface area contributed by atoms with Crippen molar-refractivity contribution in [1.82, 2.24) is 10.2 Å². The highest BCUT2D eigenvalue weighted by molar-refractivity contribution is 5.79. The standard InChI is InChI=1S/C17H35N3O/c1-11(2)7-14(10-20(5)6)19-17(21)15-9-16(18)13(4)8-12(15)3/h11-16H,7-10,18H2,1-6H3,(H,19,21). The fourth-order valence-electron chi connectivity index (χ4n) is 3.55. The monoisotopic (exact) mass is 297 g/mol. The number of hydrogen-bond donors (Lipinski definition) is 2. The molecule has 0 spiro atoms. The second-order valence-electron chi connectivity index (χ2n) is 7.79. The lowest BCUT2D eigenvalue weighted by Gasteiger charge is -2.37. The van der Waals surface area contributed by atoms with E-state index in [2.05, 4.69) is 52.0 Å². The van der Waals surface area contributed by atoms with Crippen molar-refractivity contribution >= 4 is 5.91 Å². The normalized spacial score (nSPS) is 31.5. The summed E-state index contributed by atoms with van der Waals surface area (Å²) in [5.74, 6) is 1.82. The predicted molar refractivity (Wildman–Crippen MR) is 89.0 cm³/mol. The van der Waals surface area contributed by atoms with Gasteiger partial charge in [-0.2, -0.15) is 0 Å². The number of carbonyl (C=O) groups is 1. The molecule has 0 radical (unpaired) electrons. The predicted octanol–water partition coefficient (Wildman–Crippen LogP) is 2.09. The molecule has 21 heavy (non-hydrogen) atoms. The van der Waals surface area contributed by atoms with Crippen LogP contribution in [-0.4, -0.2) is 43.5 Å². The van der Waals surface area contributed by atoms with E-state index in [9.17, 15) is 4.79 Å². The molecule has 0 aromatic rings. The van der Waals surface area contributed by atoms with E-state index in [1.165, 1.54) is 0 Å². The average molecular weight is 297 g/mol. The largest absolute Gasteiger partial charge is 0.352 e. The molecule has 1 amide bonds. The number of amides is 1. The van der Waals surface area contributed by atoms with Gasteiger partial charge in [0, 0.05) is 24.5 Å². The first kappa shape index (κ1) is 18.4. The van der Waals surface area contributed by atoms with Crippen LogP contribution >= 0.6 is 0 Å². The van der Waals surface area contributed by atoms with Gasteiger partial charge in [-0.3, -0.25) is 4.79 Å². The van der Waals surface area contributed by atoms with Gasteiger partial charge in [0.1, 0.15) is 0 Å². The number of rotatable bonds is 6. The van der Waals surface area contributed by atoms with Gasteiger partial charge >= 0.3 is 0 Å². The fraction of sp³-hybridized carbons (Fsp3) is 0.941. The number of nitrogens with one attached hydrogen (secondary N) is 1. The molecular formula is C17H35N3O. The van der Waals surface area contributed by atoms with Crippen LogP contribution in [0.4, 0.5) is 0 Å². The van der Waals surface area contributed by atoms with Gasteiger partial charge in [-0.1, -0.05) is 27.7 Å². The zero-order chi connectivity index (χ0) is 16.2. The molecule has 0 bridgehead atoms. The molecule has 4 nitrogen and oxygen atoms in total. The van der Waals surface area contributed by atoms with Crippen molar-refractivity contribution in [2.45, 2.75) is 59.0 Å².